The van der Waals surface area contributed by atoms with Gasteiger partial charge in [0, 0.05) is 18.3 Å². The predicted octanol–water partition coefficient (Wildman–Crippen LogP) is 1.81. The first-order valence-electron chi connectivity index (χ1n) is 5.12. The maximum Gasteiger partial charge on any atom is 0.319 e. The number of carbonyl (C=O) groups is 2. The molecule has 1 aromatic carbocycles. The molecule has 1 unspecified atom stereocenters. The molecule has 0 aromatic heterocycles. The minimum atomic E-state index is -1.05. The van der Waals surface area contributed by atoms with Gasteiger partial charge in [0.05, 0.1) is 5.92 Å². The number of hydrogen-bond acceptors (Lipinski definition) is 2. The summed E-state index contributed by atoms with van der Waals surface area (Å²) in [5.74, 6) is -3.43. The van der Waals surface area contributed by atoms with Crippen molar-refractivity contribution in [3.8, 4) is 0 Å². The first kappa shape index (κ1) is 13.9. The fourth-order valence-corrected chi connectivity index (χ4v) is 1.13. The zero-order chi connectivity index (χ0) is 13.7. The number of carbonyl (C=O) groups excluding carboxylic acids is 1. The number of nitrogens with one attached hydrogen (secondary N) is 2. The molecule has 7 heteroatoms. The minimum Gasteiger partial charge on any atom is -0.481 e. The van der Waals surface area contributed by atoms with Crippen molar-refractivity contribution < 1.29 is 23.5 Å². The lowest BCUT2D eigenvalue weighted by molar-refractivity contribution is -0.140. The van der Waals surface area contributed by atoms with Crippen molar-refractivity contribution in [1.29, 1.82) is 0 Å². The maximum absolute atomic E-state index is 12.8. The van der Waals surface area contributed by atoms with Crippen molar-refractivity contribution in [2.75, 3.05) is 11.9 Å². The summed E-state index contributed by atoms with van der Waals surface area (Å²) in [6, 6.07) is 1.84. The van der Waals surface area contributed by atoms with E-state index in [0.29, 0.717) is 6.07 Å². The molecule has 0 fully saturated rings. The van der Waals surface area contributed by atoms with Crippen LogP contribution in [0, 0.1) is 17.6 Å². The lowest BCUT2D eigenvalue weighted by atomic mass is 10.2. The molecule has 1 atom stereocenters. The van der Waals surface area contributed by atoms with Crippen LogP contribution >= 0.6 is 0 Å². The Bertz CT molecular complexity index is 445. The lowest BCUT2D eigenvalue weighted by Gasteiger charge is -2.10. The number of anilines is 1. The Kier molecular flexibility index (Phi) is 4.59. The van der Waals surface area contributed by atoms with Gasteiger partial charge in [0.25, 0.3) is 0 Å². The summed E-state index contributed by atoms with van der Waals surface area (Å²) >= 11 is 0. The van der Waals surface area contributed by atoms with E-state index in [1.807, 2.05) is 0 Å². The van der Waals surface area contributed by atoms with Gasteiger partial charge in [-0.05, 0) is 12.1 Å². The molecule has 0 saturated heterocycles. The molecule has 0 aliphatic heterocycles. The molecule has 0 aliphatic rings. The first-order chi connectivity index (χ1) is 8.38. The van der Waals surface area contributed by atoms with E-state index in [-0.39, 0.29) is 12.2 Å². The molecule has 0 heterocycles. The van der Waals surface area contributed by atoms with Crippen LogP contribution in [0.15, 0.2) is 18.2 Å². The number of hydrogen-bond donors (Lipinski definition) is 3. The van der Waals surface area contributed by atoms with E-state index in [9.17, 15) is 18.4 Å². The summed E-state index contributed by atoms with van der Waals surface area (Å²) in [4.78, 5) is 21.8. The molecule has 3 N–H and O–H groups in total. The molecule has 1 rings (SSSR count). The van der Waals surface area contributed by atoms with Crippen LogP contribution in [-0.4, -0.2) is 23.7 Å². The molecule has 0 saturated carbocycles. The van der Waals surface area contributed by atoms with Gasteiger partial charge in [-0.2, -0.15) is 0 Å². The van der Waals surface area contributed by atoms with E-state index < -0.39 is 29.6 Å². The number of amides is 2. The molecule has 2 amide bonds. The van der Waals surface area contributed by atoms with Crippen LogP contribution in [0.5, 0.6) is 0 Å². The summed E-state index contributed by atoms with van der Waals surface area (Å²) in [6.07, 6.45) is 0. The van der Waals surface area contributed by atoms with Crippen molar-refractivity contribution >= 4 is 17.7 Å². The molecule has 0 spiro atoms. The quantitative estimate of drug-likeness (QED) is 0.770. The van der Waals surface area contributed by atoms with Gasteiger partial charge in [-0.1, -0.05) is 6.92 Å². The second-order valence-corrected chi connectivity index (χ2v) is 3.73. The number of benzene rings is 1. The van der Waals surface area contributed by atoms with Crippen LogP contribution in [0.4, 0.5) is 19.3 Å². The Labute approximate surface area is 102 Å². The standard InChI is InChI=1S/C11H12F2N2O3/c1-6(10(16)17)5-14-11(18)15-9-3-7(12)2-8(13)4-9/h2-4,6H,5H2,1H3,(H,16,17)(H2,14,15,18). The normalized spacial score (nSPS) is 11.7. The van der Waals surface area contributed by atoms with Gasteiger partial charge in [-0.15, -0.1) is 0 Å². The largest absolute Gasteiger partial charge is 0.481 e. The number of rotatable bonds is 4. The predicted molar refractivity (Wildman–Crippen MR) is 60.2 cm³/mol. The van der Waals surface area contributed by atoms with Gasteiger partial charge < -0.3 is 15.7 Å². The third-order valence-corrected chi connectivity index (χ3v) is 2.11. The fraction of sp³-hybridized carbons (Fsp3) is 0.273. The molecule has 0 radical (unpaired) electrons. The van der Waals surface area contributed by atoms with E-state index in [4.69, 9.17) is 5.11 Å². The van der Waals surface area contributed by atoms with E-state index in [1.54, 1.807) is 0 Å². The first-order valence-corrected chi connectivity index (χ1v) is 5.12. The lowest BCUT2D eigenvalue weighted by Crippen LogP contribution is -2.34. The average Bonchev–Trinajstić information content (AvgIpc) is 2.24. The van der Waals surface area contributed by atoms with Crippen LogP contribution in [0.2, 0.25) is 0 Å². The SMILES string of the molecule is CC(CNC(=O)Nc1cc(F)cc(F)c1)C(=O)O. The number of carboxylic acid groups (broad SMARTS) is 1. The Morgan fingerprint density at radius 3 is 2.33 bits per heavy atom. The third kappa shape index (κ3) is 4.36. The average molecular weight is 258 g/mol. The summed E-state index contributed by atoms with van der Waals surface area (Å²) in [5.41, 5.74) is -0.0482. The smallest absolute Gasteiger partial charge is 0.319 e. The highest BCUT2D eigenvalue weighted by Crippen LogP contribution is 2.12. The zero-order valence-corrected chi connectivity index (χ0v) is 9.54. The molecule has 0 bridgehead atoms. The van der Waals surface area contributed by atoms with Gasteiger partial charge in [0.1, 0.15) is 11.6 Å². The van der Waals surface area contributed by atoms with Crippen molar-refractivity contribution in [1.82, 2.24) is 5.32 Å². The van der Waals surface area contributed by atoms with Crippen molar-refractivity contribution in [3.05, 3.63) is 29.8 Å². The second-order valence-electron chi connectivity index (χ2n) is 3.73. The summed E-state index contributed by atoms with van der Waals surface area (Å²) < 4.78 is 25.6. The van der Waals surface area contributed by atoms with Crippen molar-refractivity contribution in [2.24, 2.45) is 5.92 Å². The zero-order valence-electron chi connectivity index (χ0n) is 9.54. The molecular weight excluding hydrogens is 246 g/mol. The second kappa shape index (κ2) is 5.95. The fourth-order valence-electron chi connectivity index (χ4n) is 1.13. The van der Waals surface area contributed by atoms with Crippen LogP contribution in [0.3, 0.4) is 0 Å². The number of aliphatic carboxylic acids is 1. The third-order valence-electron chi connectivity index (χ3n) is 2.11. The van der Waals surface area contributed by atoms with E-state index in [0.717, 1.165) is 12.1 Å². The topological polar surface area (TPSA) is 78.4 Å². The van der Waals surface area contributed by atoms with Gasteiger partial charge in [-0.3, -0.25) is 4.79 Å². The highest BCUT2D eigenvalue weighted by Gasteiger charge is 2.12. The number of halogens is 2. The van der Waals surface area contributed by atoms with Crippen LogP contribution < -0.4 is 10.6 Å². The van der Waals surface area contributed by atoms with Gasteiger partial charge in [0.15, 0.2) is 0 Å². The number of carboxylic acids is 1. The molecule has 98 valence electrons. The number of urea groups is 1. The molecular formula is C11H12F2N2O3. The van der Waals surface area contributed by atoms with E-state index in [1.165, 1.54) is 6.92 Å². The minimum absolute atomic E-state index is 0.0482. The van der Waals surface area contributed by atoms with Gasteiger partial charge in [0.2, 0.25) is 0 Å². The van der Waals surface area contributed by atoms with Crippen LogP contribution in [0.1, 0.15) is 6.92 Å². The monoisotopic (exact) mass is 258 g/mol. The van der Waals surface area contributed by atoms with Gasteiger partial charge >= 0.3 is 12.0 Å². The summed E-state index contributed by atoms with van der Waals surface area (Å²) in [5, 5.41) is 13.1. The Morgan fingerprint density at radius 2 is 1.83 bits per heavy atom. The maximum atomic E-state index is 12.8. The highest BCUT2D eigenvalue weighted by molar-refractivity contribution is 5.89. The molecule has 1 aromatic rings. The Balaban J connectivity index is 2.52. The Morgan fingerprint density at radius 1 is 1.28 bits per heavy atom. The van der Waals surface area contributed by atoms with E-state index >= 15 is 0 Å². The van der Waals surface area contributed by atoms with Crippen LogP contribution in [0.25, 0.3) is 0 Å². The molecule has 5 nitrogen and oxygen atoms in total. The Hall–Kier alpha value is -2.18. The van der Waals surface area contributed by atoms with Gasteiger partial charge in [-0.25, -0.2) is 13.6 Å². The highest BCUT2D eigenvalue weighted by atomic mass is 19.1. The van der Waals surface area contributed by atoms with Crippen LogP contribution in [-0.2, 0) is 4.79 Å². The van der Waals surface area contributed by atoms with Crippen molar-refractivity contribution in [2.45, 2.75) is 6.92 Å². The summed E-state index contributed by atoms with van der Waals surface area (Å²) in [6.45, 7) is 1.34. The summed E-state index contributed by atoms with van der Waals surface area (Å²) in [7, 11) is 0. The molecule has 0 aliphatic carbocycles. The molecule has 18 heavy (non-hydrogen) atoms. The van der Waals surface area contributed by atoms with Crippen molar-refractivity contribution in [3.63, 3.8) is 0 Å². The van der Waals surface area contributed by atoms with E-state index in [2.05, 4.69) is 10.6 Å².